The summed E-state index contributed by atoms with van der Waals surface area (Å²) >= 11 is 0. The van der Waals surface area contributed by atoms with Gasteiger partial charge in [0.2, 0.25) is 0 Å². The van der Waals surface area contributed by atoms with Gasteiger partial charge in [0, 0.05) is 43.2 Å². The fourth-order valence-corrected chi connectivity index (χ4v) is 1.75. The highest BCUT2D eigenvalue weighted by Crippen LogP contribution is 2.28. The number of benzene rings is 1. The molecular formula is C16H23N3O4. The van der Waals surface area contributed by atoms with Crippen LogP contribution in [0.15, 0.2) is 18.2 Å². The number of carbonyl (C=O) groups excluding carboxylic acids is 1. The molecule has 1 saturated heterocycles. The molecule has 0 saturated carbocycles. The second-order valence-electron chi connectivity index (χ2n) is 5.80. The molecule has 1 heterocycles. The summed E-state index contributed by atoms with van der Waals surface area (Å²) in [5.74, 6) is -1.03. The fourth-order valence-electron chi connectivity index (χ4n) is 1.75. The summed E-state index contributed by atoms with van der Waals surface area (Å²) < 4.78 is 70.3. The topological polar surface area (TPSA) is 75.9 Å². The molecule has 0 N–H and O–H groups in total. The number of esters is 1. The Bertz CT molecular complexity index is 889. The average molecular weight is 329 g/mol. The molecule has 0 amide bonds. The van der Waals surface area contributed by atoms with Crippen LogP contribution in [0.3, 0.4) is 0 Å². The van der Waals surface area contributed by atoms with Crippen molar-refractivity contribution in [3.63, 3.8) is 0 Å². The lowest BCUT2D eigenvalue weighted by Gasteiger charge is -2.34. The molecule has 0 aromatic heterocycles. The van der Waals surface area contributed by atoms with Gasteiger partial charge in [0.1, 0.15) is 11.2 Å². The molecule has 0 aliphatic carbocycles. The number of nitro groups is 1. The summed E-state index contributed by atoms with van der Waals surface area (Å²) in [7, 11) is 0.904. The molecular weight excluding hydrogens is 298 g/mol. The van der Waals surface area contributed by atoms with Crippen LogP contribution >= 0.6 is 0 Å². The highest BCUT2D eigenvalue weighted by atomic mass is 16.6. The van der Waals surface area contributed by atoms with Crippen molar-refractivity contribution in [1.29, 1.82) is 0 Å². The zero-order valence-corrected chi connectivity index (χ0v) is 13.2. The third-order valence-corrected chi connectivity index (χ3v) is 2.71. The third-order valence-electron chi connectivity index (χ3n) is 2.71. The van der Waals surface area contributed by atoms with Crippen LogP contribution in [0.25, 0.3) is 0 Å². The van der Waals surface area contributed by atoms with E-state index in [9.17, 15) is 14.9 Å². The molecule has 7 nitrogen and oxygen atoms in total. The molecule has 126 valence electrons. The minimum absolute atomic E-state index is 0.186. The maximum atomic E-state index is 12.4. The van der Waals surface area contributed by atoms with Crippen LogP contribution in [0.1, 0.15) is 42.1 Å². The van der Waals surface area contributed by atoms with Gasteiger partial charge in [-0.05, 0) is 40.0 Å². The molecule has 1 aliphatic rings. The number of hydrogen-bond donors (Lipinski definition) is 0. The second-order valence-corrected chi connectivity index (χ2v) is 5.80. The number of carbonyl (C=O) groups is 1. The predicted molar refractivity (Wildman–Crippen MR) is 88.0 cm³/mol. The number of nitrogens with zero attached hydrogens (tertiary/aromatic N) is 3. The molecule has 0 atom stereocenters. The second kappa shape index (κ2) is 6.54. The van der Waals surface area contributed by atoms with Crippen LogP contribution in [0.5, 0.6) is 0 Å². The first kappa shape index (κ1) is 9.22. The number of likely N-dealkylation sites (N-methyl/N-ethyl adjacent to an activating group) is 1. The smallest absolute Gasteiger partial charge is 0.345 e. The summed E-state index contributed by atoms with van der Waals surface area (Å²) in [4.78, 5) is 23.5. The Kier molecular flexibility index (Phi) is 2.62. The lowest BCUT2D eigenvalue weighted by atomic mass is 10.1. The molecule has 1 aromatic carbocycles. The molecule has 2 rings (SSSR count). The monoisotopic (exact) mass is 329 g/mol. The SMILES string of the molecule is [2H]C1([2H])N(C)C([2H])([2H])C([2H])([2H])N(c2ccc(C(=O)OC(C)(C)C)c([N+](=O)[O-])c2)C1([2H])[2H]. The number of anilines is 1. The summed E-state index contributed by atoms with van der Waals surface area (Å²) in [5.41, 5.74) is -2.76. The normalized spacial score (nSPS) is 30.2. The van der Waals surface area contributed by atoms with E-state index in [2.05, 4.69) is 0 Å². The Hall–Kier alpha value is -2.15. The van der Waals surface area contributed by atoms with Gasteiger partial charge in [0.25, 0.3) is 5.69 Å². The quantitative estimate of drug-likeness (QED) is 0.481. The summed E-state index contributed by atoms with van der Waals surface area (Å²) in [6.07, 6.45) is 0. The van der Waals surface area contributed by atoms with E-state index in [0.29, 0.717) is 11.0 Å². The standard InChI is InChI=1S/C16H23N3O4/c1-16(2,3)23-15(20)13-6-5-12(11-14(13)19(21)22)18-9-7-17(4)8-10-18/h5-6,11H,7-10H2,1-4H3/i7D2,8D2,9D2,10D2. The fraction of sp³-hybridized carbons (Fsp3) is 0.562. The maximum absolute atomic E-state index is 12.4. The number of hydrogen-bond acceptors (Lipinski definition) is 6. The molecule has 1 aliphatic heterocycles. The minimum atomic E-state index is -3.15. The lowest BCUT2D eigenvalue weighted by Crippen LogP contribution is -2.44. The number of rotatable bonds is 3. The highest BCUT2D eigenvalue weighted by Gasteiger charge is 2.27. The molecule has 0 unspecified atom stereocenters. The molecule has 0 spiro atoms. The lowest BCUT2D eigenvalue weighted by molar-refractivity contribution is -0.385. The van der Waals surface area contributed by atoms with Gasteiger partial charge in [0.15, 0.2) is 0 Å². The molecule has 7 heteroatoms. The van der Waals surface area contributed by atoms with Crippen molar-refractivity contribution >= 4 is 17.3 Å². The summed E-state index contributed by atoms with van der Waals surface area (Å²) in [6, 6.07) is 2.63. The van der Waals surface area contributed by atoms with E-state index >= 15 is 0 Å². The zero-order valence-electron chi connectivity index (χ0n) is 21.2. The van der Waals surface area contributed by atoms with E-state index in [-0.39, 0.29) is 4.90 Å². The van der Waals surface area contributed by atoms with Crippen LogP contribution < -0.4 is 4.90 Å². The number of nitro benzene ring substituents is 1. The highest BCUT2D eigenvalue weighted by molar-refractivity contribution is 5.95. The van der Waals surface area contributed by atoms with Crippen LogP contribution in [0, 0.1) is 10.1 Å². The van der Waals surface area contributed by atoms with Crippen molar-refractivity contribution in [3.8, 4) is 0 Å². The van der Waals surface area contributed by atoms with Crippen molar-refractivity contribution in [3.05, 3.63) is 33.9 Å². The zero-order chi connectivity index (χ0) is 24.4. The van der Waals surface area contributed by atoms with Crippen LogP contribution in [-0.2, 0) is 4.74 Å². The Balaban J connectivity index is 2.72. The van der Waals surface area contributed by atoms with Crippen LogP contribution in [0.4, 0.5) is 11.4 Å². The molecule has 23 heavy (non-hydrogen) atoms. The van der Waals surface area contributed by atoms with Gasteiger partial charge >= 0.3 is 5.97 Å². The third kappa shape index (κ3) is 4.41. The first-order valence-corrected chi connectivity index (χ1v) is 6.75. The van der Waals surface area contributed by atoms with Crippen molar-refractivity contribution in [1.82, 2.24) is 4.90 Å². The molecule has 1 aromatic rings. The van der Waals surface area contributed by atoms with E-state index in [0.717, 1.165) is 19.2 Å². The van der Waals surface area contributed by atoms with E-state index in [1.54, 1.807) is 20.8 Å². The van der Waals surface area contributed by atoms with Gasteiger partial charge in [-0.25, -0.2) is 4.79 Å². The molecule has 1 fully saturated rings. The average Bonchev–Trinajstić information content (AvgIpc) is 2.57. The Morgan fingerprint density at radius 2 is 1.91 bits per heavy atom. The first-order valence-electron chi connectivity index (χ1n) is 10.8. The van der Waals surface area contributed by atoms with Gasteiger partial charge < -0.3 is 14.5 Å². The van der Waals surface area contributed by atoms with Crippen molar-refractivity contribution in [2.24, 2.45) is 0 Å². The number of ether oxygens (including phenoxy) is 1. The van der Waals surface area contributed by atoms with E-state index in [1.807, 2.05) is 0 Å². The van der Waals surface area contributed by atoms with Gasteiger partial charge in [-0.3, -0.25) is 10.1 Å². The van der Waals surface area contributed by atoms with E-state index in [4.69, 9.17) is 15.7 Å². The van der Waals surface area contributed by atoms with Gasteiger partial charge in [-0.15, -0.1) is 0 Å². The van der Waals surface area contributed by atoms with Crippen molar-refractivity contribution in [2.75, 3.05) is 37.9 Å². The van der Waals surface area contributed by atoms with Gasteiger partial charge in [-0.2, -0.15) is 0 Å². The Labute approximate surface area is 147 Å². The summed E-state index contributed by atoms with van der Waals surface area (Å²) in [6.45, 7) is -7.69. The largest absolute Gasteiger partial charge is 0.456 e. The van der Waals surface area contributed by atoms with Crippen LogP contribution in [0.2, 0.25) is 0 Å². The minimum Gasteiger partial charge on any atom is -0.456 e. The number of piperazine rings is 1. The first-order chi connectivity index (χ1) is 13.7. The Morgan fingerprint density at radius 1 is 1.30 bits per heavy atom. The van der Waals surface area contributed by atoms with E-state index in [1.165, 1.54) is 0 Å². The van der Waals surface area contributed by atoms with Gasteiger partial charge in [-0.1, -0.05) is 0 Å². The van der Waals surface area contributed by atoms with Crippen molar-refractivity contribution < 1.29 is 25.4 Å². The summed E-state index contributed by atoms with van der Waals surface area (Å²) in [5, 5.41) is 11.6. The van der Waals surface area contributed by atoms with Crippen molar-refractivity contribution in [2.45, 2.75) is 26.4 Å². The van der Waals surface area contributed by atoms with Gasteiger partial charge in [0.05, 0.1) is 10.4 Å². The van der Waals surface area contributed by atoms with Crippen LogP contribution in [-0.4, -0.2) is 54.4 Å². The Morgan fingerprint density at radius 3 is 2.43 bits per heavy atom. The molecule has 0 radical (unpaired) electrons. The maximum Gasteiger partial charge on any atom is 0.345 e. The molecule has 0 bridgehead atoms. The van der Waals surface area contributed by atoms with E-state index < -0.39 is 59.4 Å². The predicted octanol–water partition coefficient (Wildman–Crippen LogP) is 2.30.